The molecule has 2 aromatic rings. The molecule has 0 bridgehead atoms. The highest BCUT2D eigenvalue weighted by atomic mass is 35.5. The number of nitrogens with one attached hydrogen (secondary N) is 1. The van der Waals surface area contributed by atoms with Gasteiger partial charge in [-0.15, -0.1) is 12.4 Å². The van der Waals surface area contributed by atoms with Crippen LogP contribution in [0.15, 0.2) is 42.5 Å². The SMILES string of the molecule is Cl.c1ccc2cc(CC3COCCN3)ccc2c1. The minimum atomic E-state index is 0. The van der Waals surface area contributed by atoms with Gasteiger partial charge < -0.3 is 10.1 Å². The lowest BCUT2D eigenvalue weighted by atomic mass is 10.0. The number of ether oxygens (including phenoxy) is 1. The third-order valence-corrected chi connectivity index (χ3v) is 3.29. The molecular formula is C15H18ClNO. The van der Waals surface area contributed by atoms with Crippen molar-refractivity contribution < 1.29 is 4.74 Å². The van der Waals surface area contributed by atoms with Gasteiger partial charge in [0, 0.05) is 12.6 Å². The first kappa shape index (κ1) is 13.3. The zero-order valence-corrected chi connectivity index (χ0v) is 11.1. The first-order valence-corrected chi connectivity index (χ1v) is 6.21. The molecule has 1 N–H and O–H groups in total. The molecule has 0 amide bonds. The van der Waals surface area contributed by atoms with Crippen LogP contribution in [-0.4, -0.2) is 25.8 Å². The summed E-state index contributed by atoms with van der Waals surface area (Å²) >= 11 is 0. The molecule has 0 aromatic heterocycles. The molecule has 2 nitrogen and oxygen atoms in total. The van der Waals surface area contributed by atoms with E-state index in [2.05, 4.69) is 47.8 Å². The van der Waals surface area contributed by atoms with Crippen molar-refractivity contribution >= 4 is 23.2 Å². The van der Waals surface area contributed by atoms with Crippen molar-refractivity contribution in [3.05, 3.63) is 48.0 Å². The van der Waals surface area contributed by atoms with Crippen LogP contribution in [0.2, 0.25) is 0 Å². The maximum absolute atomic E-state index is 5.48. The third-order valence-electron chi connectivity index (χ3n) is 3.29. The number of hydrogen-bond acceptors (Lipinski definition) is 2. The molecule has 3 heteroatoms. The Hall–Kier alpha value is -1.09. The van der Waals surface area contributed by atoms with Crippen molar-refractivity contribution in [3.63, 3.8) is 0 Å². The Morgan fingerprint density at radius 3 is 2.72 bits per heavy atom. The van der Waals surface area contributed by atoms with E-state index in [1.165, 1.54) is 16.3 Å². The highest BCUT2D eigenvalue weighted by Crippen LogP contribution is 2.17. The lowest BCUT2D eigenvalue weighted by Crippen LogP contribution is -2.42. The fourth-order valence-electron chi connectivity index (χ4n) is 2.40. The van der Waals surface area contributed by atoms with Crippen LogP contribution in [0.5, 0.6) is 0 Å². The van der Waals surface area contributed by atoms with Crippen LogP contribution in [0.25, 0.3) is 10.8 Å². The van der Waals surface area contributed by atoms with E-state index in [9.17, 15) is 0 Å². The van der Waals surface area contributed by atoms with Gasteiger partial charge >= 0.3 is 0 Å². The lowest BCUT2D eigenvalue weighted by molar-refractivity contribution is 0.0770. The third kappa shape index (κ3) is 3.02. The Balaban J connectivity index is 0.00000120. The second-order valence-electron chi connectivity index (χ2n) is 4.61. The Kier molecular flexibility index (Phi) is 4.59. The largest absolute Gasteiger partial charge is 0.379 e. The summed E-state index contributed by atoms with van der Waals surface area (Å²) in [5.74, 6) is 0. The molecule has 1 unspecified atom stereocenters. The Morgan fingerprint density at radius 2 is 1.94 bits per heavy atom. The number of morpholine rings is 1. The highest BCUT2D eigenvalue weighted by Gasteiger charge is 2.13. The first-order chi connectivity index (χ1) is 8.42. The number of hydrogen-bond donors (Lipinski definition) is 1. The molecule has 0 spiro atoms. The van der Waals surface area contributed by atoms with E-state index in [1.807, 2.05) is 0 Å². The van der Waals surface area contributed by atoms with Gasteiger partial charge in [-0.1, -0.05) is 42.5 Å². The number of benzene rings is 2. The van der Waals surface area contributed by atoms with Crippen molar-refractivity contribution in [2.45, 2.75) is 12.5 Å². The van der Waals surface area contributed by atoms with Gasteiger partial charge in [-0.2, -0.15) is 0 Å². The molecule has 1 fully saturated rings. The quantitative estimate of drug-likeness (QED) is 0.900. The van der Waals surface area contributed by atoms with Gasteiger partial charge in [0.1, 0.15) is 0 Å². The molecule has 1 aliphatic rings. The van der Waals surface area contributed by atoms with Crippen molar-refractivity contribution in [2.75, 3.05) is 19.8 Å². The maximum Gasteiger partial charge on any atom is 0.0623 e. The molecule has 0 aliphatic carbocycles. The van der Waals surface area contributed by atoms with Crippen LogP contribution < -0.4 is 5.32 Å². The minimum absolute atomic E-state index is 0. The van der Waals surface area contributed by atoms with Gasteiger partial charge in [0.2, 0.25) is 0 Å². The van der Waals surface area contributed by atoms with Crippen molar-refractivity contribution in [1.82, 2.24) is 5.32 Å². The normalized spacial score (nSPS) is 19.4. The summed E-state index contributed by atoms with van der Waals surface area (Å²) < 4.78 is 5.48. The van der Waals surface area contributed by atoms with Crippen LogP contribution in [0.1, 0.15) is 5.56 Å². The Bertz CT molecular complexity index is 509. The van der Waals surface area contributed by atoms with Crippen LogP contribution >= 0.6 is 12.4 Å². The predicted molar refractivity (Wildman–Crippen MR) is 77.5 cm³/mol. The topological polar surface area (TPSA) is 21.3 Å². The number of rotatable bonds is 2. The second-order valence-corrected chi connectivity index (χ2v) is 4.61. The highest BCUT2D eigenvalue weighted by molar-refractivity contribution is 5.85. The summed E-state index contributed by atoms with van der Waals surface area (Å²) in [6, 6.07) is 15.7. The van der Waals surface area contributed by atoms with E-state index >= 15 is 0 Å². The number of halogens is 1. The van der Waals surface area contributed by atoms with E-state index in [0.717, 1.165) is 26.2 Å². The zero-order valence-electron chi connectivity index (χ0n) is 10.3. The van der Waals surface area contributed by atoms with Crippen LogP contribution in [0, 0.1) is 0 Å². The van der Waals surface area contributed by atoms with Crippen LogP contribution in [0.4, 0.5) is 0 Å². The molecule has 18 heavy (non-hydrogen) atoms. The van der Waals surface area contributed by atoms with E-state index in [4.69, 9.17) is 4.74 Å². The van der Waals surface area contributed by atoms with E-state index in [0.29, 0.717) is 6.04 Å². The smallest absolute Gasteiger partial charge is 0.0623 e. The molecule has 1 aliphatic heterocycles. The molecule has 0 radical (unpaired) electrons. The molecule has 1 saturated heterocycles. The summed E-state index contributed by atoms with van der Waals surface area (Å²) in [5.41, 5.74) is 1.38. The van der Waals surface area contributed by atoms with Crippen LogP contribution in [-0.2, 0) is 11.2 Å². The summed E-state index contributed by atoms with van der Waals surface area (Å²) in [5, 5.41) is 6.12. The zero-order chi connectivity index (χ0) is 11.5. The number of fused-ring (bicyclic) bond motifs is 1. The average molecular weight is 264 g/mol. The summed E-state index contributed by atoms with van der Waals surface area (Å²) in [4.78, 5) is 0. The monoisotopic (exact) mass is 263 g/mol. The van der Waals surface area contributed by atoms with E-state index in [-0.39, 0.29) is 12.4 Å². The second kappa shape index (κ2) is 6.19. The molecule has 1 heterocycles. The molecule has 2 aromatic carbocycles. The summed E-state index contributed by atoms with van der Waals surface area (Å²) in [6.45, 7) is 2.64. The van der Waals surface area contributed by atoms with Crippen molar-refractivity contribution in [1.29, 1.82) is 0 Å². The van der Waals surface area contributed by atoms with Gasteiger partial charge in [0.05, 0.1) is 13.2 Å². The fraction of sp³-hybridized carbons (Fsp3) is 0.333. The Labute approximate surface area is 114 Å². The molecule has 0 saturated carbocycles. The lowest BCUT2D eigenvalue weighted by Gasteiger charge is -2.23. The van der Waals surface area contributed by atoms with Gasteiger partial charge in [0.25, 0.3) is 0 Å². The Morgan fingerprint density at radius 1 is 1.11 bits per heavy atom. The van der Waals surface area contributed by atoms with E-state index in [1.54, 1.807) is 0 Å². The van der Waals surface area contributed by atoms with Crippen molar-refractivity contribution in [2.24, 2.45) is 0 Å². The first-order valence-electron chi connectivity index (χ1n) is 6.21. The predicted octanol–water partition coefficient (Wildman–Crippen LogP) is 2.79. The van der Waals surface area contributed by atoms with Crippen molar-refractivity contribution in [3.8, 4) is 0 Å². The maximum atomic E-state index is 5.48. The fourth-order valence-corrected chi connectivity index (χ4v) is 2.40. The van der Waals surface area contributed by atoms with Gasteiger partial charge in [-0.25, -0.2) is 0 Å². The van der Waals surface area contributed by atoms with E-state index < -0.39 is 0 Å². The van der Waals surface area contributed by atoms with Gasteiger partial charge in [-0.3, -0.25) is 0 Å². The molecule has 1 atom stereocenters. The molecule has 96 valence electrons. The summed E-state index contributed by atoms with van der Waals surface area (Å²) in [7, 11) is 0. The standard InChI is InChI=1S/C15H17NO.ClH/c1-2-4-14-9-12(5-6-13(14)3-1)10-15-11-17-8-7-16-15;/h1-6,9,15-16H,7-8,10-11H2;1H. The average Bonchev–Trinajstić information content (AvgIpc) is 2.40. The van der Waals surface area contributed by atoms with Crippen LogP contribution in [0.3, 0.4) is 0 Å². The minimum Gasteiger partial charge on any atom is -0.379 e. The molecular weight excluding hydrogens is 246 g/mol. The van der Waals surface area contributed by atoms with Gasteiger partial charge in [0.15, 0.2) is 0 Å². The van der Waals surface area contributed by atoms with Gasteiger partial charge in [-0.05, 0) is 22.8 Å². The summed E-state index contributed by atoms with van der Waals surface area (Å²) in [6.07, 6.45) is 1.05. The molecule has 3 rings (SSSR count).